The van der Waals surface area contributed by atoms with E-state index in [1.54, 1.807) is 0 Å². The van der Waals surface area contributed by atoms with Crippen LogP contribution in [0, 0.1) is 6.92 Å². The second-order valence-electron chi connectivity index (χ2n) is 6.01. The second kappa shape index (κ2) is 6.91. The Morgan fingerprint density at radius 3 is 2.58 bits per heavy atom. The van der Waals surface area contributed by atoms with E-state index in [9.17, 15) is 0 Å². The van der Waals surface area contributed by atoms with Crippen LogP contribution in [-0.4, -0.2) is 16.2 Å². The number of rotatable bonds is 5. The Morgan fingerprint density at radius 1 is 1.12 bits per heavy atom. The number of allylic oxidation sites excluding steroid dienone is 3. The molecule has 24 heavy (non-hydrogen) atoms. The minimum Gasteiger partial charge on any atom is -0.256 e. The summed E-state index contributed by atoms with van der Waals surface area (Å²) < 4.78 is 0. The summed E-state index contributed by atoms with van der Waals surface area (Å²) in [5.74, 6) is 0. The summed E-state index contributed by atoms with van der Waals surface area (Å²) in [5.41, 5.74) is 9.22. The van der Waals surface area contributed by atoms with Crippen molar-refractivity contribution in [2.75, 3.05) is 0 Å². The molecule has 0 aromatic carbocycles. The highest BCUT2D eigenvalue weighted by Gasteiger charge is 2.25. The first-order chi connectivity index (χ1) is 11.7. The molecule has 2 heterocycles. The van der Waals surface area contributed by atoms with Crippen LogP contribution >= 0.6 is 0 Å². The van der Waals surface area contributed by atoms with Crippen LogP contribution < -0.4 is 0 Å². The maximum absolute atomic E-state index is 4.62. The first-order valence-electron chi connectivity index (χ1n) is 8.47. The van der Waals surface area contributed by atoms with E-state index in [1.807, 2.05) is 44.6 Å². The number of aliphatic imine (C=N–C) groups is 1. The Balaban J connectivity index is 1.84. The van der Waals surface area contributed by atoms with Gasteiger partial charge >= 0.3 is 0 Å². The molecule has 2 aromatic rings. The Morgan fingerprint density at radius 2 is 1.96 bits per heavy atom. The van der Waals surface area contributed by atoms with Crippen LogP contribution in [0.4, 0.5) is 0 Å². The van der Waals surface area contributed by atoms with Crippen molar-refractivity contribution in [3.05, 3.63) is 64.5 Å². The molecule has 0 atom stereocenters. The summed E-state index contributed by atoms with van der Waals surface area (Å²) >= 11 is 0. The quantitative estimate of drug-likeness (QED) is 0.611. The second-order valence-corrected chi connectivity index (χ2v) is 6.01. The molecule has 0 saturated carbocycles. The number of fused-ring (bicyclic) bond motifs is 1. The van der Waals surface area contributed by atoms with E-state index in [-0.39, 0.29) is 0 Å². The van der Waals surface area contributed by atoms with Gasteiger partial charge in [0.2, 0.25) is 0 Å². The van der Waals surface area contributed by atoms with Crippen molar-refractivity contribution in [1.82, 2.24) is 9.97 Å². The minimum atomic E-state index is 0.939. The van der Waals surface area contributed by atoms with Gasteiger partial charge in [-0.2, -0.15) is 0 Å². The van der Waals surface area contributed by atoms with Crippen molar-refractivity contribution in [1.29, 1.82) is 0 Å². The number of nitrogens with zero attached hydrogens (tertiary/aromatic N) is 3. The number of aromatic nitrogens is 2. The molecule has 0 bridgehead atoms. The Labute approximate surface area is 143 Å². The molecule has 0 aliphatic heterocycles. The maximum atomic E-state index is 4.62. The molecule has 0 radical (unpaired) electrons. The van der Waals surface area contributed by atoms with Crippen molar-refractivity contribution in [2.24, 2.45) is 4.99 Å². The molecule has 0 N–H and O–H groups in total. The van der Waals surface area contributed by atoms with Crippen molar-refractivity contribution >= 4 is 11.9 Å². The van der Waals surface area contributed by atoms with E-state index < -0.39 is 0 Å². The van der Waals surface area contributed by atoms with Gasteiger partial charge in [0.15, 0.2) is 0 Å². The fourth-order valence-corrected chi connectivity index (χ4v) is 2.80. The van der Waals surface area contributed by atoms with Crippen LogP contribution in [0.15, 0.2) is 47.2 Å². The van der Waals surface area contributed by atoms with E-state index >= 15 is 0 Å². The number of hydrogen-bond acceptors (Lipinski definition) is 3. The monoisotopic (exact) mass is 317 g/mol. The lowest BCUT2D eigenvalue weighted by Gasteiger charge is -2.04. The summed E-state index contributed by atoms with van der Waals surface area (Å²) in [7, 11) is 0. The van der Waals surface area contributed by atoms with E-state index in [1.165, 1.54) is 22.3 Å². The van der Waals surface area contributed by atoms with E-state index in [0.29, 0.717) is 0 Å². The van der Waals surface area contributed by atoms with Gasteiger partial charge in [0, 0.05) is 30.6 Å². The third kappa shape index (κ3) is 3.21. The van der Waals surface area contributed by atoms with E-state index in [4.69, 9.17) is 0 Å². The molecule has 0 amide bonds. The molecule has 0 saturated heterocycles. The fraction of sp³-hybridized carbons (Fsp3) is 0.286. The zero-order chi connectivity index (χ0) is 17.1. The van der Waals surface area contributed by atoms with E-state index in [2.05, 4.69) is 41.0 Å². The molecule has 1 aliphatic rings. The van der Waals surface area contributed by atoms with Gasteiger partial charge in [0.25, 0.3) is 0 Å². The maximum Gasteiger partial charge on any atom is 0.0924 e. The standard InChI is InChI=1S/C21H23N3/c1-5-15(6-2)12-22-19(7-3)16-8-9-20(23-13-16)21-18-10-17(18)14(4)11-24-21/h5,7-9,11-13H,6,10H2,1-4H3. The largest absolute Gasteiger partial charge is 0.256 e. The van der Waals surface area contributed by atoms with Crippen LogP contribution in [0.1, 0.15) is 49.4 Å². The lowest BCUT2D eigenvalue weighted by atomic mass is 10.1. The minimum absolute atomic E-state index is 0.939. The molecular weight excluding hydrogens is 294 g/mol. The summed E-state index contributed by atoms with van der Waals surface area (Å²) in [6.45, 7) is 8.29. The van der Waals surface area contributed by atoms with Gasteiger partial charge in [-0.15, -0.1) is 0 Å². The van der Waals surface area contributed by atoms with Crippen LogP contribution in [0.3, 0.4) is 0 Å². The third-order valence-corrected chi connectivity index (χ3v) is 4.47. The zero-order valence-electron chi connectivity index (χ0n) is 14.8. The molecule has 122 valence electrons. The van der Waals surface area contributed by atoms with Crippen LogP contribution in [0.5, 0.6) is 0 Å². The predicted octanol–water partition coefficient (Wildman–Crippen LogP) is 5.14. The number of pyridine rings is 2. The normalized spacial score (nSPS) is 14.2. The molecule has 1 aliphatic carbocycles. The molecular formula is C21H23N3. The summed E-state index contributed by atoms with van der Waals surface area (Å²) in [6.07, 6.45) is 11.9. The Kier molecular flexibility index (Phi) is 4.70. The van der Waals surface area contributed by atoms with Gasteiger partial charge in [-0.1, -0.05) is 19.1 Å². The zero-order valence-corrected chi connectivity index (χ0v) is 14.8. The fourth-order valence-electron chi connectivity index (χ4n) is 2.80. The van der Waals surface area contributed by atoms with Crippen LogP contribution in [-0.2, 0) is 6.42 Å². The van der Waals surface area contributed by atoms with Crippen LogP contribution in [0.2, 0.25) is 0 Å². The number of aryl methyl sites for hydroxylation is 1. The van der Waals surface area contributed by atoms with Crippen molar-refractivity contribution in [3.8, 4) is 11.4 Å². The van der Waals surface area contributed by atoms with Crippen molar-refractivity contribution in [2.45, 2.75) is 40.5 Å². The SMILES string of the molecule is CC=C(C=NC(=CC)c1ccc(-c2ncc(C)c3c2C3)nc1)CC. The summed E-state index contributed by atoms with van der Waals surface area (Å²) in [4.78, 5) is 13.8. The van der Waals surface area contributed by atoms with Gasteiger partial charge in [-0.25, -0.2) is 0 Å². The molecule has 0 spiro atoms. The van der Waals surface area contributed by atoms with Gasteiger partial charge in [0.05, 0.1) is 17.1 Å². The van der Waals surface area contributed by atoms with Crippen molar-refractivity contribution < 1.29 is 0 Å². The lowest BCUT2D eigenvalue weighted by Crippen LogP contribution is -1.91. The highest BCUT2D eigenvalue weighted by Crippen LogP contribution is 2.37. The highest BCUT2D eigenvalue weighted by atomic mass is 14.8. The molecule has 0 unspecified atom stereocenters. The molecule has 3 rings (SSSR count). The number of hydrogen-bond donors (Lipinski definition) is 0. The van der Waals surface area contributed by atoms with Gasteiger partial charge in [-0.05, 0) is 61.6 Å². The van der Waals surface area contributed by atoms with Gasteiger partial charge in [0.1, 0.15) is 0 Å². The van der Waals surface area contributed by atoms with Gasteiger partial charge < -0.3 is 0 Å². The Bertz CT molecular complexity index is 840. The van der Waals surface area contributed by atoms with Crippen LogP contribution in [0.25, 0.3) is 17.1 Å². The highest BCUT2D eigenvalue weighted by molar-refractivity contribution is 5.84. The molecule has 2 aromatic heterocycles. The summed E-state index contributed by atoms with van der Waals surface area (Å²) in [5, 5.41) is 0. The average molecular weight is 317 g/mol. The van der Waals surface area contributed by atoms with Gasteiger partial charge in [-0.3, -0.25) is 15.0 Å². The smallest absolute Gasteiger partial charge is 0.0924 e. The third-order valence-electron chi connectivity index (χ3n) is 4.47. The van der Waals surface area contributed by atoms with Crippen molar-refractivity contribution in [3.63, 3.8) is 0 Å². The molecule has 3 heteroatoms. The Hall–Kier alpha value is -2.55. The average Bonchev–Trinajstić information content (AvgIpc) is 3.41. The first-order valence-corrected chi connectivity index (χ1v) is 8.47. The molecule has 3 nitrogen and oxygen atoms in total. The summed E-state index contributed by atoms with van der Waals surface area (Å²) in [6, 6.07) is 4.12. The topological polar surface area (TPSA) is 38.1 Å². The molecule has 0 fully saturated rings. The predicted molar refractivity (Wildman–Crippen MR) is 101 cm³/mol. The van der Waals surface area contributed by atoms with E-state index in [0.717, 1.165) is 35.5 Å². The lowest BCUT2D eigenvalue weighted by molar-refractivity contribution is 1.17. The first kappa shape index (κ1) is 16.3.